The molecule has 0 aliphatic carbocycles. The highest BCUT2D eigenvalue weighted by Gasteiger charge is 2.30. The predicted molar refractivity (Wildman–Crippen MR) is 116 cm³/mol. The van der Waals surface area contributed by atoms with E-state index in [4.69, 9.17) is 10.00 Å². The second-order valence-electron chi connectivity index (χ2n) is 7.32. The van der Waals surface area contributed by atoms with E-state index in [0.717, 1.165) is 18.3 Å². The molecule has 0 radical (unpaired) electrons. The lowest BCUT2D eigenvalue weighted by Crippen LogP contribution is -2.31. The summed E-state index contributed by atoms with van der Waals surface area (Å²) in [5, 5.41) is 9.05. The minimum atomic E-state index is -0.927. The summed E-state index contributed by atoms with van der Waals surface area (Å²) in [6.45, 7) is 0. The van der Waals surface area contributed by atoms with E-state index in [-0.39, 0.29) is 0 Å². The van der Waals surface area contributed by atoms with Gasteiger partial charge in [-0.05, 0) is 65.7 Å². The van der Waals surface area contributed by atoms with E-state index in [1.54, 1.807) is 24.3 Å². The van der Waals surface area contributed by atoms with Crippen molar-refractivity contribution >= 4 is 0 Å². The molecule has 3 aromatic carbocycles. The molecule has 33 heavy (non-hydrogen) atoms. The zero-order valence-corrected chi connectivity index (χ0v) is 17.2. The number of nitrogens with zero attached hydrogens (tertiary/aromatic N) is 2. The summed E-state index contributed by atoms with van der Waals surface area (Å²) >= 11 is 0. The minimum Gasteiger partial charge on any atom is -0.483 e. The Kier molecular flexibility index (Phi) is 6.27. The van der Waals surface area contributed by atoms with Crippen LogP contribution in [0.3, 0.4) is 0 Å². The highest BCUT2D eigenvalue weighted by Crippen LogP contribution is 2.36. The number of ether oxygens (including phenoxy) is 1. The van der Waals surface area contributed by atoms with Crippen molar-refractivity contribution in [3.8, 4) is 11.8 Å². The number of aromatic nitrogens is 1. The van der Waals surface area contributed by atoms with Gasteiger partial charge < -0.3 is 9.30 Å². The van der Waals surface area contributed by atoms with Crippen LogP contribution in [0.15, 0.2) is 95.9 Å². The van der Waals surface area contributed by atoms with Gasteiger partial charge in [-0.3, -0.25) is 4.79 Å². The van der Waals surface area contributed by atoms with Gasteiger partial charge in [0.2, 0.25) is 0 Å². The van der Waals surface area contributed by atoms with Gasteiger partial charge in [0.25, 0.3) is 5.56 Å². The maximum Gasteiger partial charge on any atom is 0.251 e. The van der Waals surface area contributed by atoms with Crippen LogP contribution in [-0.2, 0) is 0 Å². The third-order valence-electron chi connectivity index (χ3n) is 5.15. The van der Waals surface area contributed by atoms with Crippen LogP contribution in [0.4, 0.5) is 13.2 Å². The van der Waals surface area contributed by atoms with Gasteiger partial charge in [-0.1, -0.05) is 24.3 Å². The maximum atomic E-state index is 14.2. The van der Waals surface area contributed by atoms with Gasteiger partial charge >= 0.3 is 0 Å². The standard InChI is InChI=1S/C26H17F3N2O2/c27-20-7-3-18(4-8-20)25(31-16-22(29)11-14-24(31)32)26(19-5-9-21(28)10-6-19)33-23-12-1-17(15-30)2-13-23/h1-14,16,25-26H/t25-,26-/m0/s1. The van der Waals surface area contributed by atoms with Crippen molar-refractivity contribution in [2.45, 2.75) is 12.1 Å². The molecule has 1 heterocycles. The fourth-order valence-corrected chi connectivity index (χ4v) is 3.56. The van der Waals surface area contributed by atoms with Crippen molar-refractivity contribution in [2.24, 2.45) is 0 Å². The molecule has 0 spiro atoms. The van der Waals surface area contributed by atoms with Crippen LogP contribution in [0.2, 0.25) is 0 Å². The molecule has 0 bridgehead atoms. The Hall–Kier alpha value is -4.31. The van der Waals surface area contributed by atoms with E-state index in [9.17, 15) is 18.0 Å². The first-order valence-corrected chi connectivity index (χ1v) is 10.00. The quantitative estimate of drug-likeness (QED) is 0.390. The topological polar surface area (TPSA) is 55.0 Å². The molecule has 0 saturated heterocycles. The summed E-state index contributed by atoms with van der Waals surface area (Å²) in [6.07, 6.45) is 0.123. The van der Waals surface area contributed by atoms with Crippen molar-refractivity contribution in [2.75, 3.05) is 0 Å². The zero-order valence-electron chi connectivity index (χ0n) is 17.2. The van der Waals surface area contributed by atoms with E-state index in [1.165, 1.54) is 53.1 Å². The third-order valence-corrected chi connectivity index (χ3v) is 5.15. The molecular formula is C26H17F3N2O2. The van der Waals surface area contributed by atoms with Crippen molar-refractivity contribution in [3.63, 3.8) is 0 Å². The number of halogens is 3. The second-order valence-corrected chi connectivity index (χ2v) is 7.32. The summed E-state index contributed by atoms with van der Waals surface area (Å²) < 4.78 is 48.9. The van der Waals surface area contributed by atoms with Gasteiger partial charge in [0, 0.05) is 12.3 Å². The Bertz CT molecular complexity index is 1340. The molecule has 0 amide bonds. The molecule has 0 aliphatic heterocycles. The van der Waals surface area contributed by atoms with Gasteiger partial charge in [0.05, 0.1) is 11.6 Å². The molecular weight excluding hydrogens is 429 g/mol. The average Bonchev–Trinajstić information content (AvgIpc) is 2.83. The van der Waals surface area contributed by atoms with Gasteiger partial charge in [0.15, 0.2) is 0 Å². The largest absolute Gasteiger partial charge is 0.483 e. The van der Waals surface area contributed by atoms with Crippen LogP contribution in [0.1, 0.15) is 28.8 Å². The molecule has 0 unspecified atom stereocenters. The Morgan fingerprint density at radius 2 is 1.27 bits per heavy atom. The summed E-state index contributed by atoms with van der Waals surface area (Å²) in [4.78, 5) is 12.7. The Balaban J connectivity index is 1.90. The normalized spacial score (nSPS) is 12.5. The highest BCUT2D eigenvalue weighted by atomic mass is 19.1. The Morgan fingerprint density at radius 1 is 0.727 bits per heavy atom. The van der Waals surface area contributed by atoms with E-state index >= 15 is 0 Å². The number of pyridine rings is 1. The van der Waals surface area contributed by atoms with Gasteiger partial charge in [-0.15, -0.1) is 0 Å². The van der Waals surface area contributed by atoms with Crippen LogP contribution in [-0.4, -0.2) is 4.57 Å². The van der Waals surface area contributed by atoms with Gasteiger partial charge in [0.1, 0.15) is 35.3 Å². The lowest BCUT2D eigenvalue weighted by Gasteiger charge is -2.30. The monoisotopic (exact) mass is 446 g/mol. The second kappa shape index (κ2) is 9.45. The number of hydrogen-bond acceptors (Lipinski definition) is 3. The van der Waals surface area contributed by atoms with Crippen LogP contribution < -0.4 is 10.3 Å². The number of rotatable bonds is 6. The number of nitriles is 1. The molecule has 0 N–H and O–H groups in total. The summed E-state index contributed by atoms with van der Waals surface area (Å²) in [6, 6.07) is 20.5. The van der Waals surface area contributed by atoms with E-state index in [1.807, 2.05) is 6.07 Å². The lowest BCUT2D eigenvalue weighted by molar-refractivity contribution is 0.155. The van der Waals surface area contributed by atoms with Crippen molar-refractivity contribution in [1.29, 1.82) is 5.26 Å². The average molecular weight is 446 g/mol. The molecule has 0 fully saturated rings. The molecule has 4 aromatic rings. The summed E-state index contributed by atoms with van der Waals surface area (Å²) in [5.74, 6) is -1.20. The summed E-state index contributed by atoms with van der Waals surface area (Å²) in [5.41, 5.74) is 0.914. The van der Waals surface area contributed by atoms with Crippen molar-refractivity contribution in [1.82, 2.24) is 4.57 Å². The molecule has 4 rings (SSSR count). The van der Waals surface area contributed by atoms with Crippen LogP contribution in [0.25, 0.3) is 0 Å². The van der Waals surface area contributed by atoms with E-state index in [2.05, 4.69) is 0 Å². The first-order valence-electron chi connectivity index (χ1n) is 10.00. The van der Waals surface area contributed by atoms with Crippen LogP contribution in [0, 0.1) is 28.8 Å². The molecule has 1 aromatic heterocycles. The van der Waals surface area contributed by atoms with Crippen LogP contribution in [0.5, 0.6) is 5.75 Å². The Labute approximate surface area is 187 Å². The minimum absolute atomic E-state index is 0.375. The third kappa shape index (κ3) is 4.96. The molecule has 2 atom stereocenters. The fourth-order valence-electron chi connectivity index (χ4n) is 3.56. The predicted octanol–water partition coefficient (Wildman–Crippen LogP) is 5.55. The molecule has 0 aliphatic rings. The number of hydrogen-bond donors (Lipinski definition) is 0. The molecule has 0 saturated carbocycles. The molecule has 7 heteroatoms. The van der Waals surface area contributed by atoms with E-state index in [0.29, 0.717) is 22.4 Å². The van der Waals surface area contributed by atoms with E-state index < -0.39 is 35.2 Å². The first kappa shape index (κ1) is 21.9. The fraction of sp³-hybridized carbons (Fsp3) is 0.0769. The molecule has 4 nitrogen and oxygen atoms in total. The smallest absolute Gasteiger partial charge is 0.251 e. The number of benzene rings is 3. The first-order chi connectivity index (χ1) is 15.9. The zero-order chi connectivity index (χ0) is 23.4. The SMILES string of the molecule is N#Cc1ccc(O[C@@H](c2ccc(F)cc2)[C@H](c2ccc(F)cc2)n2cc(F)ccc2=O)cc1. The maximum absolute atomic E-state index is 14.2. The van der Waals surface area contributed by atoms with Crippen molar-refractivity contribution < 1.29 is 17.9 Å². The van der Waals surface area contributed by atoms with Gasteiger partial charge in [-0.25, -0.2) is 13.2 Å². The Morgan fingerprint density at radius 3 is 1.85 bits per heavy atom. The van der Waals surface area contributed by atoms with Crippen molar-refractivity contribution in [3.05, 3.63) is 136 Å². The molecule has 164 valence electrons. The lowest BCUT2D eigenvalue weighted by atomic mass is 9.94. The van der Waals surface area contributed by atoms with Crippen LogP contribution >= 0.6 is 0 Å². The summed E-state index contributed by atoms with van der Waals surface area (Å²) in [7, 11) is 0. The highest BCUT2D eigenvalue weighted by molar-refractivity contribution is 5.36. The van der Waals surface area contributed by atoms with Gasteiger partial charge in [-0.2, -0.15) is 5.26 Å².